The molecule has 1 aromatic heterocycles. The van der Waals surface area contributed by atoms with Crippen LogP contribution in [0, 0.1) is 12.7 Å². The van der Waals surface area contributed by atoms with Gasteiger partial charge >= 0.3 is 0 Å². The Kier molecular flexibility index (Phi) is 2.37. The maximum absolute atomic E-state index is 13.1. The topological polar surface area (TPSA) is 48.2 Å². The average molecular weight is 208 g/mol. The van der Waals surface area contributed by atoms with E-state index in [0.717, 1.165) is 0 Å². The molecule has 0 N–H and O–H groups in total. The van der Waals surface area contributed by atoms with E-state index in [0.29, 0.717) is 17.1 Å². The fourth-order valence-electron chi connectivity index (χ4n) is 1.22. The van der Waals surface area contributed by atoms with Crippen molar-refractivity contribution in [2.75, 3.05) is 7.11 Å². The summed E-state index contributed by atoms with van der Waals surface area (Å²) in [5, 5.41) is 3.63. The molecule has 0 fully saturated rings. The first kappa shape index (κ1) is 9.64. The van der Waals surface area contributed by atoms with Crippen LogP contribution >= 0.6 is 0 Å². The SMILES string of the molecule is COc1cc(F)cc(-c2nc(C)no2)c1. The van der Waals surface area contributed by atoms with Gasteiger partial charge in [0.2, 0.25) is 0 Å². The maximum Gasteiger partial charge on any atom is 0.258 e. The van der Waals surface area contributed by atoms with Gasteiger partial charge in [0.05, 0.1) is 7.11 Å². The molecule has 5 heteroatoms. The van der Waals surface area contributed by atoms with Gasteiger partial charge in [-0.1, -0.05) is 5.16 Å². The molecule has 0 saturated carbocycles. The summed E-state index contributed by atoms with van der Waals surface area (Å²) in [6.07, 6.45) is 0. The summed E-state index contributed by atoms with van der Waals surface area (Å²) in [6.45, 7) is 1.70. The van der Waals surface area contributed by atoms with Crippen LogP contribution in [0.15, 0.2) is 22.7 Å². The molecule has 0 atom stereocenters. The number of methoxy groups -OCH3 is 1. The van der Waals surface area contributed by atoms with Gasteiger partial charge in [-0.2, -0.15) is 4.98 Å². The predicted molar refractivity (Wildman–Crippen MR) is 51.0 cm³/mol. The van der Waals surface area contributed by atoms with E-state index in [9.17, 15) is 4.39 Å². The van der Waals surface area contributed by atoms with Gasteiger partial charge in [0, 0.05) is 11.6 Å². The lowest BCUT2D eigenvalue weighted by Crippen LogP contribution is -1.87. The summed E-state index contributed by atoms with van der Waals surface area (Å²) in [6, 6.07) is 4.23. The molecule has 0 bridgehead atoms. The van der Waals surface area contributed by atoms with E-state index in [1.165, 1.54) is 19.2 Å². The van der Waals surface area contributed by atoms with Crippen LogP contribution in [0.25, 0.3) is 11.5 Å². The molecule has 15 heavy (non-hydrogen) atoms. The number of rotatable bonds is 2. The summed E-state index contributed by atoms with van der Waals surface area (Å²) >= 11 is 0. The van der Waals surface area contributed by atoms with Crippen LogP contribution in [0.1, 0.15) is 5.82 Å². The first-order valence-corrected chi connectivity index (χ1v) is 4.34. The van der Waals surface area contributed by atoms with Crippen molar-refractivity contribution >= 4 is 0 Å². The molecule has 0 amide bonds. The number of aromatic nitrogens is 2. The lowest BCUT2D eigenvalue weighted by molar-refractivity contribution is 0.409. The molecule has 0 unspecified atom stereocenters. The highest BCUT2D eigenvalue weighted by atomic mass is 19.1. The van der Waals surface area contributed by atoms with E-state index < -0.39 is 5.82 Å². The second-order valence-corrected chi connectivity index (χ2v) is 3.03. The Morgan fingerprint density at radius 1 is 1.33 bits per heavy atom. The Morgan fingerprint density at radius 2 is 2.13 bits per heavy atom. The molecule has 0 spiro atoms. The van der Waals surface area contributed by atoms with E-state index in [2.05, 4.69) is 10.1 Å². The third-order valence-corrected chi connectivity index (χ3v) is 1.88. The highest BCUT2D eigenvalue weighted by molar-refractivity contribution is 5.55. The molecular formula is C10H9FN2O2. The second-order valence-electron chi connectivity index (χ2n) is 3.03. The number of benzene rings is 1. The highest BCUT2D eigenvalue weighted by Crippen LogP contribution is 2.23. The average Bonchev–Trinajstić information content (AvgIpc) is 2.64. The summed E-state index contributed by atoms with van der Waals surface area (Å²) < 4.78 is 23.0. The standard InChI is InChI=1S/C10H9FN2O2/c1-6-12-10(15-13-6)7-3-8(11)5-9(4-7)14-2/h3-5H,1-2H3. The Morgan fingerprint density at radius 3 is 2.73 bits per heavy atom. The van der Waals surface area contributed by atoms with Gasteiger partial charge in [-0.25, -0.2) is 4.39 Å². The van der Waals surface area contributed by atoms with E-state index in [1.807, 2.05) is 0 Å². The summed E-state index contributed by atoms with van der Waals surface area (Å²) in [4.78, 5) is 4.00. The Labute approximate surface area is 85.7 Å². The zero-order valence-electron chi connectivity index (χ0n) is 8.32. The normalized spacial score (nSPS) is 10.3. The zero-order chi connectivity index (χ0) is 10.8. The van der Waals surface area contributed by atoms with Crippen LogP contribution in [0.3, 0.4) is 0 Å². The summed E-state index contributed by atoms with van der Waals surface area (Å²) in [5.41, 5.74) is 0.507. The molecule has 2 rings (SSSR count). The number of aryl methyl sites for hydroxylation is 1. The van der Waals surface area contributed by atoms with Gasteiger partial charge in [0.1, 0.15) is 11.6 Å². The number of nitrogens with zero attached hydrogens (tertiary/aromatic N) is 2. The van der Waals surface area contributed by atoms with Crippen molar-refractivity contribution in [3.63, 3.8) is 0 Å². The van der Waals surface area contributed by atoms with E-state index >= 15 is 0 Å². The van der Waals surface area contributed by atoms with Crippen LogP contribution in [0.5, 0.6) is 5.75 Å². The van der Waals surface area contributed by atoms with Crippen LogP contribution in [0.4, 0.5) is 4.39 Å². The van der Waals surface area contributed by atoms with Gasteiger partial charge in [-0.3, -0.25) is 0 Å². The van der Waals surface area contributed by atoms with E-state index in [4.69, 9.17) is 9.26 Å². The van der Waals surface area contributed by atoms with Crippen LogP contribution < -0.4 is 4.74 Å². The van der Waals surface area contributed by atoms with Crippen molar-refractivity contribution in [3.05, 3.63) is 29.8 Å². The fraction of sp³-hybridized carbons (Fsp3) is 0.200. The number of hydrogen-bond donors (Lipinski definition) is 0. The summed E-state index contributed by atoms with van der Waals surface area (Å²) in [5.74, 6) is 0.805. The smallest absolute Gasteiger partial charge is 0.258 e. The minimum Gasteiger partial charge on any atom is -0.497 e. The third kappa shape index (κ3) is 1.96. The number of ether oxygens (including phenoxy) is 1. The zero-order valence-corrected chi connectivity index (χ0v) is 8.32. The molecule has 0 aliphatic carbocycles. The molecule has 78 valence electrons. The van der Waals surface area contributed by atoms with Crippen LogP contribution in [-0.4, -0.2) is 17.3 Å². The lowest BCUT2D eigenvalue weighted by atomic mass is 10.2. The van der Waals surface area contributed by atoms with Crippen LogP contribution in [-0.2, 0) is 0 Å². The van der Waals surface area contributed by atoms with Crippen molar-refractivity contribution < 1.29 is 13.7 Å². The van der Waals surface area contributed by atoms with Gasteiger partial charge < -0.3 is 9.26 Å². The molecular weight excluding hydrogens is 199 g/mol. The minimum atomic E-state index is -0.403. The lowest BCUT2D eigenvalue weighted by Gasteiger charge is -2.01. The molecule has 0 aliphatic heterocycles. The molecule has 1 aromatic carbocycles. The Balaban J connectivity index is 2.48. The van der Waals surface area contributed by atoms with E-state index in [-0.39, 0.29) is 5.89 Å². The van der Waals surface area contributed by atoms with Gasteiger partial charge in [0.25, 0.3) is 5.89 Å². The fourth-order valence-corrected chi connectivity index (χ4v) is 1.22. The maximum atomic E-state index is 13.1. The predicted octanol–water partition coefficient (Wildman–Crippen LogP) is 2.19. The van der Waals surface area contributed by atoms with Crippen molar-refractivity contribution in [2.24, 2.45) is 0 Å². The molecule has 4 nitrogen and oxygen atoms in total. The van der Waals surface area contributed by atoms with E-state index in [1.54, 1.807) is 13.0 Å². The first-order valence-electron chi connectivity index (χ1n) is 4.34. The molecule has 2 aromatic rings. The van der Waals surface area contributed by atoms with Gasteiger partial charge in [-0.05, 0) is 19.1 Å². The monoisotopic (exact) mass is 208 g/mol. The number of halogens is 1. The minimum absolute atomic E-state index is 0.283. The van der Waals surface area contributed by atoms with Crippen molar-refractivity contribution in [2.45, 2.75) is 6.92 Å². The first-order chi connectivity index (χ1) is 7.19. The summed E-state index contributed by atoms with van der Waals surface area (Å²) in [7, 11) is 1.47. The van der Waals surface area contributed by atoms with Gasteiger partial charge in [-0.15, -0.1) is 0 Å². The number of hydrogen-bond acceptors (Lipinski definition) is 4. The molecule has 0 saturated heterocycles. The third-order valence-electron chi connectivity index (χ3n) is 1.88. The quantitative estimate of drug-likeness (QED) is 0.759. The largest absolute Gasteiger partial charge is 0.497 e. The molecule has 0 aliphatic rings. The Bertz CT molecular complexity index is 482. The van der Waals surface area contributed by atoms with Crippen molar-refractivity contribution in [1.82, 2.24) is 10.1 Å². The molecule has 0 radical (unpaired) electrons. The Hall–Kier alpha value is -1.91. The molecule has 1 heterocycles. The van der Waals surface area contributed by atoms with Crippen molar-refractivity contribution in [1.29, 1.82) is 0 Å². The second kappa shape index (κ2) is 3.68. The van der Waals surface area contributed by atoms with Gasteiger partial charge in [0.15, 0.2) is 5.82 Å². The van der Waals surface area contributed by atoms with Crippen molar-refractivity contribution in [3.8, 4) is 17.2 Å². The van der Waals surface area contributed by atoms with Crippen LogP contribution in [0.2, 0.25) is 0 Å². The highest BCUT2D eigenvalue weighted by Gasteiger charge is 2.09.